The summed E-state index contributed by atoms with van der Waals surface area (Å²) in [5.74, 6) is 3.03. The van der Waals surface area contributed by atoms with E-state index in [-0.39, 0.29) is 0 Å². The zero-order valence-electron chi connectivity index (χ0n) is 10.7. The van der Waals surface area contributed by atoms with Gasteiger partial charge in [-0.3, -0.25) is 4.98 Å². The second-order valence-corrected chi connectivity index (χ2v) is 5.89. The van der Waals surface area contributed by atoms with Gasteiger partial charge in [-0.25, -0.2) is 0 Å². The summed E-state index contributed by atoms with van der Waals surface area (Å²) in [7, 11) is 0. The number of nitrogens with zero attached hydrogens (tertiary/aromatic N) is 1. The lowest BCUT2D eigenvalue weighted by Gasteiger charge is -2.21. The highest BCUT2D eigenvalue weighted by Gasteiger charge is 2.38. The Balaban J connectivity index is 1.45. The number of aromatic nitrogens is 1. The Kier molecular flexibility index (Phi) is 3.15. The van der Waals surface area contributed by atoms with Crippen LogP contribution >= 0.6 is 0 Å². The van der Waals surface area contributed by atoms with E-state index in [1.54, 1.807) is 0 Å². The summed E-state index contributed by atoms with van der Waals surface area (Å²) in [5, 5.41) is 3.59. The summed E-state index contributed by atoms with van der Waals surface area (Å²) < 4.78 is 0. The highest BCUT2D eigenvalue weighted by molar-refractivity contribution is 5.11. The first kappa shape index (κ1) is 11.2. The second-order valence-electron chi connectivity index (χ2n) is 5.89. The van der Waals surface area contributed by atoms with Crippen LogP contribution in [-0.4, -0.2) is 11.5 Å². The molecule has 2 bridgehead atoms. The van der Waals surface area contributed by atoms with Crippen LogP contribution in [0.5, 0.6) is 0 Å². The van der Waals surface area contributed by atoms with Crippen LogP contribution in [0.3, 0.4) is 0 Å². The summed E-state index contributed by atoms with van der Waals surface area (Å²) >= 11 is 0. The molecule has 17 heavy (non-hydrogen) atoms. The molecule has 3 atom stereocenters. The summed E-state index contributed by atoms with van der Waals surface area (Å²) in [4.78, 5) is 4.43. The van der Waals surface area contributed by atoms with E-state index in [9.17, 15) is 0 Å². The topological polar surface area (TPSA) is 24.9 Å². The van der Waals surface area contributed by atoms with Gasteiger partial charge in [-0.15, -0.1) is 0 Å². The quantitative estimate of drug-likeness (QED) is 0.860. The minimum Gasteiger partial charge on any atom is -0.311 e. The van der Waals surface area contributed by atoms with Gasteiger partial charge in [0.15, 0.2) is 0 Å². The lowest BCUT2D eigenvalue weighted by molar-refractivity contribution is 0.318. The first-order valence-electron chi connectivity index (χ1n) is 6.93. The van der Waals surface area contributed by atoms with Gasteiger partial charge in [0.05, 0.1) is 5.69 Å². The zero-order chi connectivity index (χ0) is 11.7. The Hall–Kier alpha value is -0.890. The zero-order valence-corrected chi connectivity index (χ0v) is 10.7. The fourth-order valence-corrected chi connectivity index (χ4v) is 3.62. The van der Waals surface area contributed by atoms with Crippen molar-refractivity contribution in [1.29, 1.82) is 0 Å². The summed E-state index contributed by atoms with van der Waals surface area (Å²) in [6.07, 6.45) is 7.92. The van der Waals surface area contributed by atoms with Gasteiger partial charge in [0, 0.05) is 12.7 Å². The Morgan fingerprint density at radius 3 is 2.88 bits per heavy atom. The van der Waals surface area contributed by atoms with Crippen LogP contribution < -0.4 is 5.32 Å². The Morgan fingerprint density at radius 1 is 1.29 bits per heavy atom. The molecule has 2 saturated carbocycles. The first-order chi connectivity index (χ1) is 8.31. The second kappa shape index (κ2) is 4.77. The molecule has 2 aliphatic carbocycles. The molecule has 1 aromatic heterocycles. The van der Waals surface area contributed by atoms with Gasteiger partial charge in [-0.2, -0.15) is 0 Å². The number of nitrogens with one attached hydrogen (secondary N) is 1. The van der Waals surface area contributed by atoms with E-state index < -0.39 is 0 Å². The fourth-order valence-electron chi connectivity index (χ4n) is 3.62. The molecule has 92 valence electrons. The maximum absolute atomic E-state index is 4.43. The van der Waals surface area contributed by atoms with Crippen LogP contribution in [0.2, 0.25) is 0 Å². The van der Waals surface area contributed by atoms with Crippen LogP contribution in [0, 0.1) is 24.7 Å². The van der Waals surface area contributed by atoms with Crippen molar-refractivity contribution in [2.24, 2.45) is 17.8 Å². The number of fused-ring (bicyclic) bond motifs is 2. The third kappa shape index (κ3) is 2.52. The first-order valence-corrected chi connectivity index (χ1v) is 6.93. The standard InChI is InChI=1S/C15H22N2/c1-11-2-5-15(17-8-11)10-16-9-14-7-12-3-4-13(14)6-12/h2,5,8,12-14,16H,3-4,6-7,9-10H2,1H3. The van der Waals surface area contributed by atoms with Gasteiger partial charge in [-0.05, 0) is 62.1 Å². The molecule has 1 aromatic rings. The molecule has 1 N–H and O–H groups in total. The van der Waals surface area contributed by atoms with E-state index in [0.29, 0.717) is 0 Å². The van der Waals surface area contributed by atoms with Crippen molar-refractivity contribution < 1.29 is 0 Å². The van der Waals surface area contributed by atoms with Crippen molar-refractivity contribution in [1.82, 2.24) is 10.3 Å². The molecule has 2 heteroatoms. The number of aryl methyl sites for hydroxylation is 1. The molecule has 3 rings (SSSR count). The van der Waals surface area contributed by atoms with Crippen molar-refractivity contribution >= 4 is 0 Å². The van der Waals surface area contributed by atoms with E-state index in [0.717, 1.165) is 24.3 Å². The number of hydrogen-bond donors (Lipinski definition) is 1. The molecule has 2 nitrogen and oxygen atoms in total. The van der Waals surface area contributed by atoms with E-state index in [1.165, 1.54) is 43.5 Å². The number of rotatable bonds is 4. The molecular formula is C15H22N2. The average Bonchev–Trinajstić information content (AvgIpc) is 2.94. The van der Waals surface area contributed by atoms with Crippen molar-refractivity contribution in [3.63, 3.8) is 0 Å². The summed E-state index contributed by atoms with van der Waals surface area (Å²) in [5.41, 5.74) is 2.40. The lowest BCUT2D eigenvalue weighted by Crippen LogP contribution is -2.26. The van der Waals surface area contributed by atoms with Crippen LogP contribution in [0.25, 0.3) is 0 Å². The molecule has 1 heterocycles. The number of hydrogen-bond acceptors (Lipinski definition) is 2. The van der Waals surface area contributed by atoms with E-state index in [4.69, 9.17) is 0 Å². The predicted molar refractivity (Wildman–Crippen MR) is 69.6 cm³/mol. The van der Waals surface area contributed by atoms with Gasteiger partial charge in [-0.1, -0.05) is 12.5 Å². The van der Waals surface area contributed by atoms with Gasteiger partial charge in [0.1, 0.15) is 0 Å². The summed E-state index contributed by atoms with van der Waals surface area (Å²) in [6.45, 7) is 4.20. The largest absolute Gasteiger partial charge is 0.311 e. The van der Waals surface area contributed by atoms with Crippen molar-refractivity contribution in [2.45, 2.75) is 39.2 Å². The molecule has 0 radical (unpaired) electrons. The number of pyridine rings is 1. The molecule has 0 aliphatic heterocycles. The molecule has 0 spiro atoms. The van der Waals surface area contributed by atoms with Crippen molar-refractivity contribution in [3.8, 4) is 0 Å². The maximum Gasteiger partial charge on any atom is 0.0541 e. The van der Waals surface area contributed by atoms with Crippen LogP contribution in [0.1, 0.15) is 36.9 Å². The third-order valence-electron chi connectivity index (χ3n) is 4.57. The summed E-state index contributed by atoms with van der Waals surface area (Å²) in [6, 6.07) is 4.27. The SMILES string of the molecule is Cc1ccc(CNCC2CC3CCC2C3)nc1. The maximum atomic E-state index is 4.43. The Bertz CT molecular complexity index is 371. The third-order valence-corrected chi connectivity index (χ3v) is 4.57. The van der Waals surface area contributed by atoms with Crippen LogP contribution in [-0.2, 0) is 6.54 Å². The highest BCUT2D eigenvalue weighted by Crippen LogP contribution is 2.47. The Labute approximate surface area is 104 Å². The smallest absolute Gasteiger partial charge is 0.0541 e. The van der Waals surface area contributed by atoms with Crippen molar-refractivity contribution in [2.75, 3.05) is 6.54 Å². The molecule has 0 amide bonds. The predicted octanol–water partition coefficient (Wildman–Crippen LogP) is 2.92. The lowest BCUT2D eigenvalue weighted by atomic mass is 9.89. The van der Waals surface area contributed by atoms with Crippen LogP contribution in [0.15, 0.2) is 18.3 Å². The van der Waals surface area contributed by atoms with Crippen molar-refractivity contribution in [3.05, 3.63) is 29.6 Å². The van der Waals surface area contributed by atoms with E-state index >= 15 is 0 Å². The van der Waals surface area contributed by atoms with Gasteiger partial charge < -0.3 is 5.32 Å². The molecule has 2 aliphatic rings. The molecule has 0 aromatic carbocycles. The molecule has 2 fully saturated rings. The highest BCUT2D eigenvalue weighted by atomic mass is 14.9. The normalized spacial score (nSPS) is 31.0. The monoisotopic (exact) mass is 230 g/mol. The van der Waals surface area contributed by atoms with Gasteiger partial charge in [0.2, 0.25) is 0 Å². The molecular weight excluding hydrogens is 208 g/mol. The minimum atomic E-state index is 0.925. The van der Waals surface area contributed by atoms with Crippen LogP contribution in [0.4, 0.5) is 0 Å². The minimum absolute atomic E-state index is 0.925. The molecule has 0 saturated heterocycles. The van der Waals surface area contributed by atoms with Gasteiger partial charge >= 0.3 is 0 Å². The van der Waals surface area contributed by atoms with E-state index in [1.807, 2.05) is 6.20 Å². The fraction of sp³-hybridized carbons (Fsp3) is 0.667. The molecule has 3 unspecified atom stereocenters. The average molecular weight is 230 g/mol. The van der Waals surface area contributed by atoms with Gasteiger partial charge in [0.25, 0.3) is 0 Å². The van der Waals surface area contributed by atoms with E-state index in [2.05, 4.69) is 29.4 Å². The Morgan fingerprint density at radius 2 is 2.24 bits per heavy atom.